The van der Waals surface area contributed by atoms with Crippen LogP contribution in [0.2, 0.25) is 0 Å². The number of H-pyrrole nitrogens is 1. The lowest BCUT2D eigenvalue weighted by atomic mass is 10.2. The van der Waals surface area contributed by atoms with Crippen LogP contribution >= 0.6 is 23.6 Å². The highest BCUT2D eigenvalue weighted by atomic mass is 32.1. The Balaban J connectivity index is 1.88. The SMILES string of the molecule is CCc1cc2c(=O)n(C(C)C(=O)OCc3ccccc3)c(=S)[nH]c2s1. The van der Waals surface area contributed by atoms with Crippen LogP contribution in [0.5, 0.6) is 0 Å². The van der Waals surface area contributed by atoms with Crippen molar-refractivity contribution in [3.05, 3.63) is 62.0 Å². The van der Waals surface area contributed by atoms with Crippen molar-refractivity contribution in [1.29, 1.82) is 0 Å². The number of aromatic nitrogens is 2. The third-order valence-corrected chi connectivity index (χ3v) is 5.47. The molecule has 2 aromatic heterocycles. The van der Waals surface area contributed by atoms with Crippen molar-refractivity contribution in [2.24, 2.45) is 0 Å². The van der Waals surface area contributed by atoms with Crippen molar-refractivity contribution in [1.82, 2.24) is 9.55 Å². The van der Waals surface area contributed by atoms with E-state index in [4.69, 9.17) is 17.0 Å². The molecule has 0 saturated heterocycles. The molecule has 7 heteroatoms. The average molecular weight is 374 g/mol. The van der Waals surface area contributed by atoms with Gasteiger partial charge in [0.15, 0.2) is 4.77 Å². The number of nitrogens with one attached hydrogen (secondary N) is 1. The minimum absolute atomic E-state index is 0.163. The summed E-state index contributed by atoms with van der Waals surface area (Å²) in [6, 6.07) is 10.5. The number of rotatable bonds is 5. The van der Waals surface area contributed by atoms with Crippen LogP contribution in [0, 0.1) is 4.77 Å². The van der Waals surface area contributed by atoms with Gasteiger partial charge in [0.25, 0.3) is 5.56 Å². The Hall–Kier alpha value is -2.25. The number of benzene rings is 1. The number of thiophene rings is 1. The molecule has 3 rings (SSSR count). The van der Waals surface area contributed by atoms with E-state index in [1.54, 1.807) is 6.92 Å². The largest absolute Gasteiger partial charge is 0.459 e. The molecule has 2 heterocycles. The van der Waals surface area contributed by atoms with E-state index in [9.17, 15) is 9.59 Å². The normalized spacial score (nSPS) is 12.2. The Morgan fingerprint density at radius 1 is 1.36 bits per heavy atom. The molecule has 0 saturated carbocycles. The monoisotopic (exact) mass is 374 g/mol. The summed E-state index contributed by atoms with van der Waals surface area (Å²) in [6.07, 6.45) is 0.841. The number of nitrogens with zero attached hydrogens (tertiary/aromatic N) is 1. The maximum absolute atomic E-state index is 12.8. The van der Waals surface area contributed by atoms with Gasteiger partial charge in [0, 0.05) is 4.88 Å². The molecular formula is C18H18N2O3S2. The van der Waals surface area contributed by atoms with Crippen molar-refractivity contribution in [2.75, 3.05) is 0 Å². The highest BCUT2D eigenvalue weighted by Gasteiger charge is 2.21. The van der Waals surface area contributed by atoms with Crippen LogP contribution in [-0.4, -0.2) is 15.5 Å². The second kappa shape index (κ2) is 7.33. The van der Waals surface area contributed by atoms with Gasteiger partial charge in [0.2, 0.25) is 0 Å². The molecule has 0 aliphatic rings. The van der Waals surface area contributed by atoms with Crippen LogP contribution < -0.4 is 5.56 Å². The third-order valence-electron chi connectivity index (χ3n) is 3.97. The first kappa shape index (κ1) is 17.6. The fourth-order valence-corrected chi connectivity index (χ4v) is 3.95. The number of fused-ring (bicyclic) bond motifs is 1. The molecule has 0 amide bonds. The Kier molecular flexibility index (Phi) is 5.15. The van der Waals surface area contributed by atoms with E-state index in [-0.39, 0.29) is 16.9 Å². The van der Waals surface area contributed by atoms with Gasteiger partial charge in [-0.1, -0.05) is 37.3 Å². The molecule has 1 atom stereocenters. The van der Waals surface area contributed by atoms with Gasteiger partial charge in [0.05, 0.1) is 5.39 Å². The number of carbonyl (C=O) groups is 1. The van der Waals surface area contributed by atoms with Crippen molar-refractivity contribution in [2.45, 2.75) is 32.9 Å². The minimum Gasteiger partial charge on any atom is -0.459 e. The van der Waals surface area contributed by atoms with Gasteiger partial charge in [-0.25, -0.2) is 4.79 Å². The molecule has 130 valence electrons. The maximum atomic E-state index is 12.8. The summed E-state index contributed by atoms with van der Waals surface area (Å²) in [7, 11) is 0. The first-order valence-corrected chi connectivity index (χ1v) is 9.21. The van der Waals surface area contributed by atoms with Gasteiger partial charge in [-0.2, -0.15) is 0 Å². The zero-order valence-corrected chi connectivity index (χ0v) is 15.6. The van der Waals surface area contributed by atoms with Gasteiger partial charge in [-0.3, -0.25) is 9.36 Å². The van der Waals surface area contributed by atoms with Crippen molar-refractivity contribution < 1.29 is 9.53 Å². The average Bonchev–Trinajstić information content (AvgIpc) is 3.03. The van der Waals surface area contributed by atoms with E-state index >= 15 is 0 Å². The summed E-state index contributed by atoms with van der Waals surface area (Å²) in [4.78, 5) is 30.0. The maximum Gasteiger partial charge on any atom is 0.329 e. The third kappa shape index (κ3) is 3.57. The molecule has 1 N–H and O–H groups in total. The number of hydrogen-bond acceptors (Lipinski definition) is 5. The number of ether oxygens (including phenoxy) is 1. The predicted octanol–water partition coefficient (Wildman–Crippen LogP) is 3.99. The van der Waals surface area contributed by atoms with Crippen LogP contribution in [0.1, 0.15) is 30.3 Å². The molecule has 3 aromatic rings. The lowest BCUT2D eigenvalue weighted by molar-refractivity contribution is -0.148. The molecule has 25 heavy (non-hydrogen) atoms. The number of hydrogen-bond donors (Lipinski definition) is 1. The van der Waals surface area contributed by atoms with Crippen LogP contribution in [-0.2, 0) is 22.6 Å². The van der Waals surface area contributed by atoms with Crippen LogP contribution in [0.3, 0.4) is 0 Å². The predicted molar refractivity (Wildman–Crippen MR) is 102 cm³/mol. The second-order valence-corrected chi connectivity index (χ2v) is 7.21. The fourth-order valence-electron chi connectivity index (χ4n) is 2.55. The summed E-state index contributed by atoms with van der Waals surface area (Å²) in [5.74, 6) is -0.490. The second-order valence-electron chi connectivity index (χ2n) is 5.68. The fraction of sp³-hybridized carbons (Fsp3) is 0.278. The lowest BCUT2D eigenvalue weighted by Gasteiger charge is -2.14. The zero-order valence-electron chi connectivity index (χ0n) is 13.9. The van der Waals surface area contributed by atoms with E-state index in [0.29, 0.717) is 5.39 Å². The Labute approximate surface area is 153 Å². The van der Waals surface area contributed by atoms with Gasteiger partial charge in [-0.15, -0.1) is 11.3 Å². The Morgan fingerprint density at radius 3 is 2.76 bits per heavy atom. The highest BCUT2D eigenvalue weighted by molar-refractivity contribution is 7.71. The van der Waals surface area contributed by atoms with E-state index in [2.05, 4.69) is 4.98 Å². The van der Waals surface area contributed by atoms with Gasteiger partial charge in [-0.05, 0) is 37.2 Å². The molecule has 0 aliphatic heterocycles. The van der Waals surface area contributed by atoms with E-state index in [1.807, 2.05) is 43.3 Å². The Morgan fingerprint density at radius 2 is 2.08 bits per heavy atom. The summed E-state index contributed by atoms with van der Waals surface area (Å²) >= 11 is 6.80. The molecule has 0 radical (unpaired) electrons. The lowest BCUT2D eigenvalue weighted by Crippen LogP contribution is -2.30. The zero-order chi connectivity index (χ0) is 18.0. The molecule has 1 aromatic carbocycles. The van der Waals surface area contributed by atoms with Gasteiger partial charge < -0.3 is 9.72 Å². The number of aryl methyl sites for hydroxylation is 1. The molecular weight excluding hydrogens is 356 g/mol. The number of carbonyl (C=O) groups excluding carboxylic acids is 1. The number of esters is 1. The molecule has 0 fully saturated rings. The van der Waals surface area contributed by atoms with Crippen molar-refractivity contribution in [3.8, 4) is 0 Å². The highest BCUT2D eigenvalue weighted by Crippen LogP contribution is 2.22. The van der Waals surface area contributed by atoms with E-state index in [0.717, 1.165) is 21.7 Å². The van der Waals surface area contributed by atoms with E-state index in [1.165, 1.54) is 15.9 Å². The molecule has 0 spiro atoms. The molecule has 0 bridgehead atoms. The van der Waals surface area contributed by atoms with Gasteiger partial charge >= 0.3 is 5.97 Å². The molecule has 0 aliphatic carbocycles. The number of aromatic amines is 1. The van der Waals surface area contributed by atoms with Crippen molar-refractivity contribution >= 4 is 39.7 Å². The quantitative estimate of drug-likeness (QED) is 0.542. The Bertz CT molecular complexity index is 1020. The van der Waals surface area contributed by atoms with Crippen LogP contribution in [0.4, 0.5) is 0 Å². The standard InChI is InChI=1S/C18H18N2O3S2/c1-3-13-9-14-15(25-13)19-18(24)20(16(14)21)11(2)17(22)23-10-12-7-5-4-6-8-12/h4-9,11H,3,10H2,1-2H3,(H,19,24). The smallest absolute Gasteiger partial charge is 0.329 e. The minimum atomic E-state index is -0.797. The summed E-state index contributed by atoms with van der Waals surface area (Å²) in [5.41, 5.74) is 0.625. The topological polar surface area (TPSA) is 64.1 Å². The van der Waals surface area contributed by atoms with Crippen molar-refractivity contribution in [3.63, 3.8) is 0 Å². The summed E-state index contributed by atoms with van der Waals surface area (Å²) in [6.45, 7) is 3.81. The first-order valence-electron chi connectivity index (χ1n) is 7.99. The molecule has 1 unspecified atom stereocenters. The van der Waals surface area contributed by atoms with Crippen LogP contribution in [0.25, 0.3) is 10.2 Å². The molecule has 5 nitrogen and oxygen atoms in total. The first-order chi connectivity index (χ1) is 12.0. The van der Waals surface area contributed by atoms with Crippen LogP contribution in [0.15, 0.2) is 41.2 Å². The van der Waals surface area contributed by atoms with Gasteiger partial charge in [0.1, 0.15) is 17.5 Å². The van der Waals surface area contributed by atoms with E-state index < -0.39 is 12.0 Å². The summed E-state index contributed by atoms with van der Waals surface area (Å²) in [5, 5.41) is 0.554. The summed E-state index contributed by atoms with van der Waals surface area (Å²) < 4.78 is 6.85.